The van der Waals surface area contributed by atoms with Gasteiger partial charge in [0.05, 0.1) is 5.69 Å². The molecule has 2 bridgehead atoms. The third kappa shape index (κ3) is 1.87. The second-order valence-electron chi connectivity index (χ2n) is 7.29. The van der Waals surface area contributed by atoms with Crippen molar-refractivity contribution >= 4 is 17.3 Å². The third-order valence-corrected chi connectivity index (χ3v) is 5.96. The molecule has 3 atom stereocenters. The van der Waals surface area contributed by atoms with E-state index in [9.17, 15) is 0 Å². The lowest BCUT2D eigenvalue weighted by Gasteiger charge is -2.44. The molecule has 0 saturated heterocycles. The Morgan fingerprint density at radius 3 is 2.68 bits per heavy atom. The lowest BCUT2D eigenvalue weighted by atomic mass is 9.68. The van der Waals surface area contributed by atoms with Crippen LogP contribution < -0.4 is 5.32 Å². The first-order valence-electron chi connectivity index (χ1n) is 7.22. The van der Waals surface area contributed by atoms with Crippen molar-refractivity contribution in [3.05, 3.63) is 23.0 Å². The molecule has 1 heterocycles. The van der Waals surface area contributed by atoms with E-state index < -0.39 is 0 Å². The summed E-state index contributed by atoms with van der Waals surface area (Å²) in [5.74, 6) is 0.839. The molecule has 1 aromatic heterocycles. The molecule has 0 aliphatic heterocycles. The molecule has 2 saturated carbocycles. The van der Waals surface area contributed by atoms with Gasteiger partial charge in [-0.2, -0.15) is 0 Å². The fourth-order valence-electron chi connectivity index (χ4n) is 4.51. The summed E-state index contributed by atoms with van der Waals surface area (Å²) in [4.78, 5) is 4.22. The number of nitrogens with zero attached hydrogens (tertiary/aromatic N) is 1. The number of hydrogen-bond acceptors (Lipinski definition) is 2. The Kier molecular flexibility index (Phi) is 2.87. The van der Waals surface area contributed by atoms with Crippen LogP contribution in [-0.4, -0.2) is 11.0 Å². The minimum Gasteiger partial charge on any atom is -0.379 e. The fraction of sp³-hybridized carbons (Fsp3) is 0.688. The first-order valence-corrected chi connectivity index (χ1v) is 7.60. The molecular formula is C16H23ClN2. The van der Waals surface area contributed by atoms with Gasteiger partial charge in [0.15, 0.2) is 5.15 Å². The molecule has 2 nitrogen and oxygen atoms in total. The molecule has 104 valence electrons. The standard InChI is InChI=1S/C16H23ClN2/c1-10-6-8-18-13(17)12(10)19-14-15(2,3)11-5-7-16(14,4)9-11/h6,8,11,14,19H,5,7,9H2,1-4H3. The molecule has 0 spiro atoms. The van der Waals surface area contributed by atoms with Gasteiger partial charge < -0.3 is 5.32 Å². The first kappa shape index (κ1) is 13.2. The minimum atomic E-state index is 0.332. The molecule has 2 aliphatic carbocycles. The van der Waals surface area contributed by atoms with Crippen molar-refractivity contribution in [3.63, 3.8) is 0 Å². The van der Waals surface area contributed by atoms with Gasteiger partial charge in [-0.3, -0.25) is 0 Å². The highest BCUT2D eigenvalue weighted by Crippen LogP contribution is 2.63. The van der Waals surface area contributed by atoms with Crippen LogP contribution in [0.5, 0.6) is 0 Å². The van der Waals surface area contributed by atoms with Crippen LogP contribution >= 0.6 is 11.6 Å². The average molecular weight is 279 g/mol. The number of hydrogen-bond donors (Lipinski definition) is 1. The van der Waals surface area contributed by atoms with Crippen molar-refractivity contribution in [1.82, 2.24) is 4.98 Å². The Balaban J connectivity index is 1.95. The van der Waals surface area contributed by atoms with E-state index in [4.69, 9.17) is 11.6 Å². The number of nitrogens with one attached hydrogen (secondary N) is 1. The summed E-state index contributed by atoms with van der Waals surface area (Å²) < 4.78 is 0. The van der Waals surface area contributed by atoms with Crippen molar-refractivity contribution < 1.29 is 0 Å². The third-order valence-electron chi connectivity index (χ3n) is 5.67. The maximum Gasteiger partial charge on any atom is 0.152 e. The lowest BCUT2D eigenvalue weighted by Crippen LogP contribution is -2.46. The summed E-state index contributed by atoms with van der Waals surface area (Å²) in [6.07, 6.45) is 5.82. The summed E-state index contributed by atoms with van der Waals surface area (Å²) >= 11 is 6.27. The number of aryl methyl sites for hydroxylation is 1. The Labute approximate surface area is 121 Å². The highest BCUT2D eigenvalue weighted by Gasteiger charge is 2.59. The van der Waals surface area contributed by atoms with E-state index in [1.807, 2.05) is 6.07 Å². The number of rotatable bonds is 2. The molecule has 1 aromatic rings. The quantitative estimate of drug-likeness (QED) is 0.795. The summed E-state index contributed by atoms with van der Waals surface area (Å²) in [6.45, 7) is 9.33. The van der Waals surface area contributed by atoms with Gasteiger partial charge in [-0.05, 0) is 54.6 Å². The van der Waals surface area contributed by atoms with Crippen molar-refractivity contribution in [2.24, 2.45) is 16.7 Å². The Bertz CT molecular complexity index is 486. The normalized spacial score (nSPS) is 35.6. The molecular weight excluding hydrogens is 256 g/mol. The Hall–Kier alpha value is -0.760. The van der Waals surface area contributed by atoms with Crippen LogP contribution in [0.15, 0.2) is 12.3 Å². The molecule has 3 unspecified atom stereocenters. The van der Waals surface area contributed by atoms with E-state index in [0.29, 0.717) is 22.0 Å². The number of halogens is 1. The van der Waals surface area contributed by atoms with Gasteiger partial charge in [0, 0.05) is 12.2 Å². The van der Waals surface area contributed by atoms with Crippen molar-refractivity contribution in [2.45, 2.75) is 53.0 Å². The van der Waals surface area contributed by atoms with Crippen LogP contribution in [0, 0.1) is 23.7 Å². The van der Waals surface area contributed by atoms with Crippen LogP contribution in [0.25, 0.3) is 0 Å². The lowest BCUT2D eigenvalue weighted by molar-refractivity contribution is 0.155. The summed E-state index contributed by atoms with van der Waals surface area (Å²) in [5.41, 5.74) is 2.94. The average Bonchev–Trinajstić information content (AvgIpc) is 2.78. The molecule has 2 fully saturated rings. The first-order chi connectivity index (χ1) is 8.84. The van der Waals surface area contributed by atoms with E-state index >= 15 is 0 Å². The van der Waals surface area contributed by atoms with E-state index in [1.165, 1.54) is 24.8 Å². The second-order valence-corrected chi connectivity index (χ2v) is 7.64. The molecule has 19 heavy (non-hydrogen) atoms. The van der Waals surface area contributed by atoms with E-state index in [-0.39, 0.29) is 0 Å². The van der Waals surface area contributed by atoms with Crippen LogP contribution in [0.4, 0.5) is 5.69 Å². The molecule has 0 aromatic carbocycles. The zero-order valence-corrected chi connectivity index (χ0v) is 13.0. The maximum absolute atomic E-state index is 6.27. The van der Waals surface area contributed by atoms with Crippen molar-refractivity contribution in [2.75, 3.05) is 5.32 Å². The van der Waals surface area contributed by atoms with E-state index in [0.717, 1.165) is 11.6 Å². The maximum atomic E-state index is 6.27. The smallest absolute Gasteiger partial charge is 0.152 e. The summed E-state index contributed by atoms with van der Waals surface area (Å²) in [6, 6.07) is 2.51. The fourth-order valence-corrected chi connectivity index (χ4v) is 4.77. The van der Waals surface area contributed by atoms with Crippen LogP contribution in [0.3, 0.4) is 0 Å². The molecule has 1 N–H and O–H groups in total. The predicted octanol–water partition coefficient (Wildman–Crippen LogP) is 4.67. The van der Waals surface area contributed by atoms with Gasteiger partial charge in [0.25, 0.3) is 0 Å². The van der Waals surface area contributed by atoms with Gasteiger partial charge in [0.1, 0.15) is 0 Å². The van der Waals surface area contributed by atoms with Crippen LogP contribution in [-0.2, 0) is 0 Å². The molecule has 3 heteroatoms. The van der Waals surface area contributed by atoms with E-state index in [1.54, 1.807) is 6.20 Å². The van der Waals surface area contributed by atoms with Crippen LogP contribution in [0.1, 0.15) is 45.6 Å². The second kappa shape index (κ2) is 4.12. The highest BCUT2D eigenvalue weighted by molar-refractivity contribution is 6.32. The number of aromatic nitrogens is 1. The zero-order valence-electron chi connectivity index (χ0n) is 12.3. The topological polar surface area (TPSA) is 24.9 Å². The number of pyridine rings is 1. The molecule has 0 amide bonds. The predicted molar refractivity (Wildman–Crippen MR) is 80.6 cm³/mol. The monoisotopic (exact) mass is 278 g/mol. The molecule has 2 aliphatic rings. The van der Waals surface area contributed by atoms with Gasteiger partial charge in [-0.25, -0.2) is 4.98 Å². The Morgan fingerprint density at radius 2 is 2.11 bits per heavy atom. The summed E-state index contributed by atoms with van der Waals surface area (Å²) in [5, 5.41) is 4.34. The zero-order chi connectivity index (χ0) is 13.8. The largest absolute Gasteiger partial charge is 0.379 e. The van der Waals surface area contributed by atoms with Crippen molar-refractivity contribution in [3.8, 4) is 0 Å². The molecule has 3 rings (SSSR count). The van der Waals surface area contributed by atoms with Crippen molar-refractivity contribution in [1.29, 1.82) is 0 Å². The number of anilines is 1. The van der Waals surface area contributed by atoms with Gasteiger partial charge >= 0.3 is 0 Å². The Morgan fingerprint density at radius 1 is 1.37 bits per heavy atom. The van der Waals surface area contributed by atoms with Gasteiger partial charge in [-0.15, -0.1) is 0 Å². The minimum absolute atomic E-state index is 0.332. The van der Waals surface area contributed by atoms with Gasteiger partial charge in [-0.1, -0.05) is 32.4 Å². The van der Waals surface area contributed by atoms with Gasteiger partial charge in [0.2, 0.25) is 0 Å². The highest BCUT2D eigenvalue weighted by atomic mass is 35.5. The van der Waals surface area contributed by atoms with E-state index in [2.05, 4.69) is 38.0 Å². The number of fused-ring (bicyclic) bond motifs is 2. The molecule has 0 radical (unpaired) electrons. The summed E-state index contributed by atoms with van der Waals surface area (Å²) in [7, 11) is 0. The van der Waals surface area contributed by atoms with Crippen LogP contribution in [0.2, 0.25) is 5.15 Å². The SMILES string of the molecule is Cc1ccnc(Cl)c1NC1C2(C)CCC(C2)C1(C)C.